The molecule has 0 saturated heterocycles. The number of carbonyl (C=O) groups excluding carboxylic acids is 2. The molecule has 0 saturated carbocycles. The van der Waals surface area contributed by atoms with E-state index in [-0.39, 0.29) is 24.2 Å². The minimum absolute atomic E-state index is 0. The van der Waals surface area contributed by atoms with Crippen molar-refractivity contribution in [3.05, 3.63) is 23.8 Å². The molecular weight excluding hydrogens is 266 g/mol. The molecule has 0 unspecified atom stereocenters. The molecule has 0 radical (unpaired) electrons. The topological polar surface area (TPSA) is 84.2 Å². The summed E-state index contributed by atoms with van der Waals surface area (Å²) >= 11 is 0. The van der Waals surface area contributed by atoms with Crippen molar-refractivity contribution in [1.29, 1.82) is 0 Å². The quantitative estimate of drug-likeness (QED) is 0.791. The first kappa shape index (κ1) is 17.4. The average Bonchev–Trinajstić information content (AvgIpc) is 2.31. The normalized spacial score (nSPS) is 11.2. The number of rotatable bonds is 4. The van der Waals surface area contributed by atoms with E-state index >= 15 is 0 Å². The second-order valence-corrected chi connectivity index (χ2v) is 4.21. The Balaban J connectivity index is 0.00000324. The van der Waals surface area contributed by atoms with Gasteiger partial charge in [-0.1, -0.05) is 13.0 Å². The van der Waals surface area contributed by atoms with Crippen LogP contribution in [0.25, 0.3) is 0 Å². The molecule has 1 aromatic carbocycles. The molecule has 106 valence electrons. The molecule has 1 aromatic rings. The lowest BCUT2D eigenvalue weighted by molar-refractivity contribution is -0.117. The van der Waals surface area contributed by atoms with Gasteiger partial charge in [0, 0.05) is 18.3 Å². The van der Waals surface area contributed by atoms with E-state index in [9.17, 15) is 9.59 Å². The number of anilines is 2. The molecule has 1 rings (SSSR count). The first-order valence-electron chi connectivity index (χ1n) is 5.88. The molecule has 19 heavy (non-hydrogen) atoms. The summed E-state index contributed by atoms with van der Waals surface area (Å²) in [4.78, 5) is 22.7. The van der Waals surface area contributed by atoms with E-state index < -0.39 is 6.04 Å². The van der Waals surface area contributed by atoms with Crippen molar-refractivity contribution in [1.82, 2.24) is 0 Å². The number of hydrogen-bond donors (Lipinski definition) is 3. The Labute approximate surface area is 119 Å². The summed E-state index contributed by atoms with van der Waals surface area (Å²) in [6.45, 7) is 5.17. The van der Waals surface area contributed by atoms with Crippen molar-refractivity contribution in [3.8, 4) is 0 Å². The van der Waals surface area contributed by atoms with Gasteiger partial charge in [-0.2, -0.15) is 0 Å². The molecule has 5 nitrogen and oxygen atoms in total. The Morgan fingerprint density at radius 3 is 2.47 bits per heavy atom. The highest BCUT2D eigenvalue weighted by molar-refractivity contribution is 5.96. The first-order valence-corrected chi connectivity index (χ1v) is 5.88. The fourth-order valence-corrected chi connectivity index (χ4v) is 1.45. The van der Waals surface area contributed by atoms with Crippen molar-refractivity contribution < 1.29 is 9.59 Å². The van der Waals surface area contributed by atoms with E-state index in [0.717, 1.165) is 5.56 Å². The molecule has 0 spiro atoms. The Kier molecular flexibility index (Phi) is 7.11. The fraction of sp³-hybridized carbons (Fsp3) is 0.385. The third-order valence-corrected chi connectivity index (χ3v) is 2.59. The van der Waals surface area contributed by atoms with Crippen LogP contribution in [0.3, 0.4) is 0 Å². The van der Waals surface area contributed by atoms with Crippen molar-refractivity contribution in [3.63, 3.8) is 0 Å². The number of halogens is 1. The van der Waals surface area contributed by atoms with Gasteiger partial charge in [0.15, 0.2) is 0 Å². The van der Waals surface area contributed by atoms with Crippen molar-refractivity contribution in [2.45, 2.75) is 33.2 Å². The van der Waals surface area contributed by atoms with Crippen LogP contribution in [0.5, 0.6) is 0 Å². The fourth-order valence-electron chi connectivity index (χ4n) is 1.45. The van der Waals surface area contributed by atoms with Gasteiger partial charge < -0.3 is 16.4 Å². The molecule has 2 amide bonds. The first-order chi connectivity index (χ1) is 8.43. The maximum Gasteiger partial charge on any atom is 0.241 e. The lowest BCUT2D eigenvalue weighted by Crippen LogP contribution is -2.35. The summed E-state index contributed by atoms with van der Waals surface area (Å²) in [7, 11) is 0. The number of carbonyl (C=O) groups is 2. The van der Waals surface area contributed by atoms with E-state index in [0.29, 0.717) is 17.8 Å². The monoisotopic (exact) mass is 285 g/mol. The highest BCUT2D eigenvalue weighted by Gasteiger charge is 2.12. The van der Waals surface area contributed by atoms with Crippen molar-refractivity contribution >= 4 is 35.6 Å². The second kappa shape index (κ2) is 7.76. The number of benzene rings is 1. The third kappa shape index (κ3) is 5.28. The molecule has 0 fully saturated rings. The Morgan fingerprint density at radius 2 is 1.95 bits per heavy atom. The minimum atomic E-state index is -0.520. The number of aryl methyl sites for hydroxylation is 1. The van der Waals surface area contributed by atoms with Gasteiger partial charge in [-0.3, -0.25) is 9.59 Å². The number of amides is 2. The van der Waals surface area contributed by atoms with Crippen molar-refractivity contribution in [2.75, 3.05) is 10.6 Å². The minimum Gasteiger partial charge on any atom is -0.326 e. The lowest BCUT2D eigenvalue weighted by Gasteiger charge is -2.13. The standard InChI is InChI=1S/C13H19N3O2.ClH/c1-4-11(14)13(18)16-12-7-10(15-9(3)17)6-5-8(12)2;/h5-7,11H,4,14H2,1-3H3,(H,15,17)(H,16,18);1H/t11-;/m0./s1. The summed E-state index contributed by atoms with van der Waals surface area (Å²) in [5.74, 6) is -0.373. The zero-order valence-corrected chi connectivity index (χ0v) is 12.1. The molecule has 0 aliphatic heterocycles. The number of nitrogens with one attached hydrogen (secondary N) is 2. The highest BCUT2D eigenvalue weighted by Crippen LogP contribution is 2.20. The van der Waals surface area contributed by atoms with Crippen LogP contribution in [0, 0.1) is 6.92 Å². The van der Waals surface area contributed by atoms with Crippen LogP contribution in [0.1, 0.15) is 25.8 Å². The maximum atomic E-state index is 11.7. The number of hydrogen-bond acceptors (Lipinski definition) is 3. The Morgan fingerprint density at radius 1 is 1.32 bits per heavy atom. The van der Waals surface area contributed by atoms with Crippen LogP contribution in [0.2, 0.25) is 0 Å². The van der Waals surface area contributed by atoms with E-state index in [1.807, 2.05) is 19.9 Å². The molecule has 0 aromatic heterocycles. The highest BCUT2D eigenvalue weighted by atomic mass is 35.5. The van der Waals surface area contributed by atoms with Crippen molar-refractivity contribution in [2.24, 2.45) is 5.73 Å². The summed E-state index contributed by atoms with van der Waals surface area (Å²) in [6.07, 6.45) is 0.580. The van der Waals surface area contributed by atoms with Crippen LogP contribution >= 0.6 is 12.4 Å². The Hall–Kier alpha value is -1.59. The molecule has 0 heterocycles. The zero-order chi connectivity index (χ0) is 13.7. The zero-order valence-electron chi connectivity index (χ0n) is 11.3. The van der Waals surface area contributed by atoms with Gasteiger partial charge in [0.2, 0.25) is 11.8 Å². The summed E-state index contributed by atoms with van der Waals surface area (Å²) in [5, 5.41) is 5.43. The molecular formula is C13H20ClN3O2. The summed E-state index contributed by atoms with van der Waals surface area (Å²) in [5.41, 5.74) is 7.88. The summed E-state index contributed by atoms with van der Waals surface area (Å²) < 4.78 is 0. The van der Waals surface area contributed by atoms with Crippen LogP contribution in [-0.4, -0.2) is 17.9 Å². The molecule has 0 bridgehead atoms. The maximum absolute atomic E-state index is 11.7. The second-order valence-electron chi connectivity index (χ2n) is 4.21. The van der Waals surface area contributed by atoms with Gasteiger partial charge in [-0.15, -0.1) is 12.4 Å². The molecule has 1 atom stereocenters. The van der Waals surface area contributed by atoms with E-state index in [1.165, 1.54) is 6.92 Å². The largest absolute Gasteiger partial charge is 0.326 e. The van der Waals surface area contributed by atoms with Crippen LogP contribution in [0.15, 0.2) is 18.2 Å². The van der Waals surface area contributed by atoms with Crippen LogP contribution < -0.4 is 16.4 Å². The average molecular weight is 286 g/mol. The van der Waals surface area contributed by atoms with Crippen LogP contribution in [0.4, 0.5) is 11.4 Å². The summed E-state index contributed by atoms with van der Waals surface area (Å²) in [6, 6.07) is 4.82. The lowest BCUT2D eigenvalue weighted by atomic mass is 10.1. The third-order valence-electron chi connectivity index (χ3n) is 2.59. The molecule has 0 aliphatic carbocycles. The Bertz CT molecular complexity index is 463. The van der Waals surface area contributed by atoms with Crippen LogP contribution in [-0.2, 0) is 9.59 Å². The SMILES string of the molecule is CC[C@H](N)C(=O)Nc1cc(NC(C)=O)ccc1C.Cl. The van der Waals surface area contributed by atoms with Gasteiger partial charge >= 0.3 is 0 Å². The van der Waals surface area contributed by atoms with Gasteiger partial charge in [0.05, 0.1) is 6.04 Å². The van der Waals surface area contributed by atoms with Gasteiger partial charge in [0.1, 0.15) is 0 Å². The van der Waals surface area contributed by atoms with Gasteiger partial charge in [0.25, 0.3) is 0 Å². The van der Waals surface area contributed by atoms with E-state index in [2.05, 4.69) is 10.6 Å². The predicted octanol–water partition coefficient (Wildman–Crippen LogP) is 2.05. The molecule has 6 heteroatoms. The smallest absolute Gasteiger partial charge is 0.241 e. The predicted molar refractivity (Wildman–Crippen MR) is 79.6 cm³/mol. The molecule has 4 N–H and O–H groups in total. The van der Waals surface area contributed by atoms with Gasteiger partial charge in [-0.25, -0.2) is 0 Å². The van der Waals surface area contributed by atoms with E-state index in [1.54, 1.807) is 12.1 Å². The van der Waals surface area contributed by atoms with E-state index in [4.69, 9.17) is 5.73 Å². The number of nitrogens with two attached hydrogens (primary N) is 1. The molecule has 0 aliphatic rings. The van der Waals surface area contributed by atoms with Gasteiger partial charge in [-0.05, 0) is 31.0 Å².